The molecule has 1 unspecified atom stereocenters. The fourth-order valence-corrected chi connectivity index (χ4v) is 4.66. The molecule has 0 radical (unpaired) electrons. The van der Waals surface area contributed by atoms with Gasteiger partial charge in [0.1, 0.15) is 5.69 Å². The Kier molecular flexibility index (Phi) is 5.79. The molecule has 0 aliphatic carbocycles. The van der Waals surface area contributed by atoms with Gasteiger partial charge in [-0.1, -0.05) is 36.4 Å². The first-order valence-corrected chi connectivity index (χ1v) is 10.4. The lowest BCUT2D eigenvalue weighted by molar-refractivity contribution is 0.114. The number of nitrogens with zero attached hydrogens (tertiary/aromatic N) is 3. The second kappa shape index (κ2) is 8.46. The highest BCUT2D eigenvalue weighted by atomic mass is 16.5. The maximum atomic E-state index is 5.39. The Balaban J connectivity index is 1.57. The summed E-state index contributed by atoms with van der Waals surface area (Å²) in [6.07, 6.45) is 3.66. The summed E-state index contributed by atoms with van der Waals surface area (Å²) in [5, 5.41) is 6.32. The van der Waals surface area contributed by atoms with E-state index in [1.807, 2.05) is 7.11 Å². The van der Waals surface area contributed by atoms with Crippen molar-refractivity contribution in [2.75, 3.05) is 26.8 Å². The lowest BCUT2D eigenvalue weighted by Crippen LogP contribution is -2.34. The van der Waals surface area contributed by atoms with Crippen LogP contribution in [0.15, 0.2) is 42.5 Å². The second-order valence-electron chi connectivity index (χ2n) is 8.00. The Morgan fingerprint density at radius 2 is 1.82 bits per heavy atom. The zero-order chi connectivity index (χ0) is 19.5. The van der Waals surface area contributed by atoms with E-state index in [9.17, 15) is 0 Å². The largest absolute Gasteiger partial charge is 0.383 e. The molecule has 1 saturated heterocycles. The van der Waals surface area contributed by atoms with Gasteiger partial charge in [-0.3, -0.25) is 9.58 Å². The highest BCUT2D eigenvalue weighted by Gasteiger charge is 2.23. The summed E-state index contributed by atoms with van der Waals surface area (Å²) in [5.74, 6) is 0. The van der Waals surface area contributed by atoms with Gasteiger partial charge in [0, 0.05) is 37.2 Å². The van der Waals surface area contributed by atoms with Gasteiger partial charge in [0.2, 0.25) is 0 Å². The molecule has 4 rings (SSSR count). The van der Waals surface area contributed by atoms with Crippen LogP contribution in [-0.4, -0.2) is 47.5 Å². The molecule has 4 nitrogen and oxygen atoms in total. The monoisotopic (exact) mass is 377 g/mol. The summed E-state index contributed by atoms with van der Waals surface area (Å²) < 4.78 is 7.60. The van der Waals surface area contributed by atoms with Gasteiger partial charge in [0.25, 0.3) is 0 Å². The molecule has 3 aromatic rings. The molecule has 28 heavy (non-hydrogen) atoms. The fourth-order valence-electron chi connectivity index (χ4n) is 4.66. The van der Waals surface area contributed by atoms with Gasteiger partial charge in [-0.2, -0.15) is 5.10 Å². The summed E-state index contributed by atoms with van der Waals surface area (Å²) in [7, 11) is 1.81. The van der Waals surface area contributed by atoms with Crippen LogP contribution < -0.4 is 0 Å². The van der Waals surface area contributed by atoms with Crippen LogP contribution in [0.3, 0.4) is 0 Å². The summed E-state index contributed by atoms with van der Waals surface area (Å²) >= 11 is 0. The first-order chi connectivity index (χ1) is 13.7. The van der Waals surface area contributed by atoms with E-state index in [0.29, 0.717) is 6.04 Å². The van der Waals surface area contributed by atoms with Crippen molar-refractivity contribution in [1.82, 2.24) is 14.7 Å². The van der Waals surface area contributed by atoms with Crippen molar-refractivity contribution in [3.63, 3.8) is 0 Å². The molecule has 1 aromatic heterocycles. The fraction of sp³-hybridized carbons (Fsp3) is 0.458. The molecule has 0 bridgehead atoms. The number of ether oxygens (including phenoxy) is 1. The Hall–Kier alpha value is -2.17. The molecule has 0 N–H and O–H groups in total. The average molecular weight is 378 g/mol. The van der Waals surface area contributed by atoms with Gasteiger partial charge in [-0.15, -0.1) is 0 Å². The number of rotatable bonds is 7. The quantitative estimate of drug-likeness (QED) is 0.591. The maximum absolute atomic E-state index is 5.39. The zero-order valence-electron chi connectivity index (χ0n) is 17.3. The number of para-hydroxylation sites is 1. The van der Waals surface area contributed by atoms with Crippen LogP contribution in [0.5, 0.6) is 0 Å². The Bertz CT molecular complexity index is 926. The molecule has 2 aromatic carbocycles. The average Bonchev–Trinajstić information content (AvgIpc) is 3.28. The second-order valence-corrected chi connectivity index (χ2v) is 8.00. The van der Waals surface area contributed by atoms with E-state index in [1.165, 1.54) is 47.0 Å². The number of methoxy groups -OCH3 is 1. The Labute approximate surface area is 168 Å². The lowest BCUT2D eigenvalue weighted by Gasteiger charge is -2.23. The molecule has 1 aliphatic heterocycles. The molecular formula is C24H31N3O. The Morgan fingerprint density at radius 3 is 2.61 bits per heavy atom. The van der Waals surface area contributed by atoms with Crippen molar-refractivity contribution in [3.8, 4) is 11.3 Å². The van der Waals surface area contributed by atoms with Crippen LogP contribution >= 0.6 is 0 Å². The predicted octanol–water partition coefficient (Wildman–Crippen LogP) is 4.82. The first-order valence-electron chi connectivity index (χ1n) is 10.4. The van der Waals surface area contributed by atoms with Gasteiger partial charge >= 0.3 is 0 Å². The van der Waals surface area contributed by atoms with Crippen LogP contribution in [0.4, 0.5) is 0 Å². The van der Waals surface area contributed by atoms with Crippen LogP contribution in [0, 0.1) is 13.8 Å². The highest BCUT2D eigenvalue weighted by molar-refractivity contribution is 5.94. The molecule has 0 saturated carbocycles. The molecule has 1 atom stereocenters. The van der Waals surface area contributed by atoms with Crippen molar-refractivity contribution in [1.29, 1.82) is 0 Å². The topological polar surface area (TPSA) is 30.3 Å². The van der Waals surface area contributed by atoms with E-state index < -0.39 is 0 Å². The summed E-state index contributed by atoms with van der Waals surface area (Å²) in [4.78, 5) is 2.58. The van der Waals surface area contributed by atoms with Gasteiger partial charge in [-0.05, 0) is 56.8 Å². The van der Waals surface area contributed by atoms with Crippen molar-refractivity contribution in [2.45, 2.75) is 45.7 Å². The van der Waals surface area contributed by atoms with E-state index in [0.717, 1.165) is 31.8 Å². The highest BCUT2D eigenvalue weighted by Crippen LogP contribution is 2.32. The molecule has 0 amide bonds. The van der Waals surface area contributed by atoms with Gasteiger partial charge < -0.3 is 4.74 Å². The van der Waals surface area contributed by atoms with Crippen LogP contribution in [-0.2, 0) is 11.3 Å². The van der Waals surface area contributed by atoms with Crippen molar-refractivity contribution in [2.24, 2.45) is 0 Å². The summed E-state index contributed by atoms with van der Waals surface area (Å²) in [6, 6.07) is 15.7. The minimum Gasteiger partial charge on any atom is -0.383 e. The number of aryl methyl sites for hydroxylation is 3. The van der Waals surface area contributed by atoms with Gasteiger partial charge in [0.05, 0.1) is 12.1 Å². The summed E-state index contributed by atoms with van der Waals surface area (Å²) in [6.45, 7) is 8.46. The van der Waals surface area contributed by atoms with E-state index in [-0.39, 0.29) is 0 Å². The molecule has 1 aliphatic rings. The number of likely N-dealkylation sites (tertiary alicyclic amines) is 1. The third kappa shape index (κ3) is 3.71. The standard InChI is InChI=1S/C24H31N3O/c1-18-9-6-10-19(2)23(18)24-21-12-4-5-13-22(21)27(25-24)16-8-15-26-14-7-11-20(26)17-28-3/h4-6,9-10,12-13,20H,7-8,11,14-17H2,1-3H3. The van der Waals surface area contributed by atoms with Gasteiger partial charge in [-0.25, -0.2) is 0 Å². The molecule has 4 heteroatoms. The van der Waals surface area contributed by atoms with E-state index in [1.54, 1.807) is 0 Å². The maximum Gasteiger partial charge on any atom is 0.101 e. The van der Waals surface area contributed by atoms with Crippen LogP contribution in [0.1, 0.15) is 30.4 Å². The third-order valence-corrected chi connectivity index (χ3v) is 6.05. The molecule has 0 spiro atoms. The van der Waals surface area contributed by atoms with Crippen molar-refractivity contribution >= 4 is 10.9 Å². The first kappa shape index (κ1) is 19.2. The van der Waals surface area contributed by atoms with Crippen LogP contribution in [0.2, 0.25) is 0 Å². The normalized spacial score (nSPS) is 17.6. The summed E-state index contributed by atoms with van der Waals surface area (Å²) in [5.41, 5.74) is 6.20. The van der Waals surface area contributed by atoms with Crippen molar-refractivity contribution in [3.05, 3.63) is 53.6 Å². The number of fused-ring (bicyclic) bond motifs is 1. The minimum absolute atomic E-state index is 0.588. The minimum atomic E-state index is 0.588. The number of hydrogen-bond acceptors (Lipinski definition) is 3. The lowest BCUT2D eigenvalue weighted by atomic mass is 9.98. The van der Waals surface area contributed by atoms with E-state index in [4.69, 9.17) is 9.84 Å². The molecular weight excluding hydrogens is 346 g/mol. The third-order valence-electron chi connectivity index (χ3n) is 6.05. The van der Waals surface area contributed by atoms with Crippen molar-refractivity contribution < 1.29 is 4.74 Å². The van der Waals surface area contributed by atoms with E-state index >= 15 is 0 Å². The number of benzene rings is 2. The molecule has 2 heterocycles. The smallest absolute Gasteiger partial charge is 0.101 e. The zero-order valence-corrected chi connectivity index (χ0v) is 17.3. The van der Waals surface area contributed by atoms with Crippen LogP contribution in [0.25, 0.3) is 22.2 Å². The number of aromatic nitrogens is 2. The predicted molar refractivity (Wildman–Crippen MR) is 116 cm³/mol. The molecule has 148 valence electrons. The van der Waals surface area contributed by atoms with Gasteiger partial charge in [0.15, 0.2) is 0 Å². The van der Waals surface area contributed by atoms with E-state index in [2.05, 4.69) is 65.9 Å². The SMILES string of the molecule is COCC1CCCN1CCCn1nc(-c2c(C)cccc2C)c2ccccc21. The molecule has 1 fully saturated rings. The Morgan fingerprint density at radius 1 is 1.04 bits per heavy atom. The number of hydrogen-bond donors (Lipinski definition) is 0.